The van der Waals surface area contributed by atoms with E-state index in [9.17, 15) is 14.9 Å². The summed E-state index contributed by atoms with van der Waals surface area (Å²) >= 11 is 0. The number of nitrogens with one attached hydrogen (secondary N) is 1. The molecule has 0 saturated carbocycles. The fourth-order valence-electron chi connectivity index (χ4n) is 2.62. The Labute approximate surface area is 146 Å². The van der Waals surface area contributed by atoms with Crippen LogP contribution in [0.2, 0.25) is 0 Å². The van der Waals surface area contributed by atoms with E-state index in [0.29, 0.717) is 16.9 Å². The normalized spacial score (nSPS) is 10.4. The predicted molar refractivity (Wildman–Crippen MR) is 95.4 cm³/mol. The van der Waals surface area contributed by atoms with Gasteiger partial charge in [0.25, 0.3) is 5.56 Å². The van der Waals surface area contributed by atoms with Gasteiger partial charge in [-0.3, -0.25) is 9.59 Å². The smallest absolute Gasteiger partial charge is 0.269 e. The first-order valence-electron chi connectivity index (χ1n) is 7.86. The Kier molecular flexibility index (Phi) is 5.73. The molecule has 0 aliphatic heterocycles. The zero-order valence-electron chi connectivity index (χ0n) is 14.8. The maximum Gasteiger partial charge on any atom is 0.269 e. The molecule has 0 spiro atoms. The summed E-state index contributed by atoms with van der Waals surface area (Å²) in [6, 6.07) is 9.39. The zero-order chi connectivity index (χ0) is 18.6. The number of pyridine rings is 1. The molecule has 130 valence electrons. The molecule has 0 unspecified atom stereocenters. The molecule has 6 nitrogen and oxygen atoms in total. The van der Waals surface area contributed by atoms with Crippen LogP contribution >= 0.6 is 0 Å². The Morgan fingerprint density at radius 3 is 2.64 bits per heavy atom. The van der Waals surface area contributed by atoms with Crippen LogP contribution in [0.5, 0.6) is 0 Å². The van der Waals surface area contributed by atoms with Crippen molar-refractivity contribution < 1.29 is 9.53 Å². The van der Waals surface area contributed by atoms with Gasteiger partial charge >= 0.3 is 0 Å². The topological polar surface area (TPSA) is 84.1 Å². The molecule has 25 heavy (non-hydrogen) atoms. The van der Waals surface area contributed by atoms with Crippen molar-refractivity contribution >= 4 is 11.6 Å². The fourth-order valence-corrected chi connectivity index (χ4v) is 2.62. The average molecular weight is 339 g/mol. The minimum atomic E-state index is -0.481. The van der Waals surface area contributed by atoms with E-state index in [1.807, 2.05) is 38.1 Å². The predicted octanol–water partition coefficient (Wildman–Crippen LogP) is 2.43. The number of methoxy groups -OCH3 is 1. The van der Waals surface area contributed by atoms with Gasteiger partial charge in [0, 0.05) is 24.1 Å². The number of anilines is 1. The van der Waals surface area contributed by atoms with Crippen LogP contribution in [-0.4, -0.2) is 17.6 Å². The zero-order valence-corrected chi connectivity index (χ0v) is 14.8. The van der Waals surface area contributed by atoms with Gasteiger partial charge in [0.05, 0.1) is 6.61 Å². The molecule has 1 heterocycles. The first-order valence-corrected chi connectivity index (χ1v) is 7.86. The lowest BCUT2D eigenvalue weighted by molar-refractivity contribution is -0.116. The summed E-state index contributed by atoms with van der Waals surface area (Å²) in [4.78, 5) is 24.9. The number of rotatable bonds is 5. The number of aromatic nitrogens is 1. The fraction of sp³-hybridized carbons (Fsp3) is 0.316. The van der Waals surface area contributed by atoms with Crippen LogP contribution in [0.3, 0.4) is 0 Å². The molecule has 0 aliphatic carbocycles. The quantitative estimate of drug-likeness (QED) is 0.907. The molecule has 0 fully saturated rings. The number of nitriles is 1. The summed E-state index contributed by atoms with van der Waals surface area (Å²) in [7, 11) is 1.50. The maximum atomic E-state index is 12.5. The summed E-state index contributed by atoms with van der Waals surface area (Å²) < 4.78 is 6.33. The molecule has 0 aliphatic rings. The molecule has 0 atom stereocenters. The maximum absolute atomic E-state index is 12.5. The van der Waals surface area contributed by atoms with Crippen molar-refractivity contribution in [3.05, 3.63) is 62.6 Å². The van der Waals surface area contributed by atoms with Gasteiger partial charge in [-0.1, -0.05) is 12.1 Å². The lowest BCUT2D eigenvalue weighted by atomic mass is 10.1. The molecule has 1 aromatic heterocycles. The van der Waals surface area contributed by atoms with Crippen LogP contribution in [0.1, 0.15) is 27.9 Å². The molecule has 1 N–H and O–H groups in total. The van der Waals surface area contributed by atoms with Crippen molar-refractivity contribution in [2.75, 3.05) is 12.4 Å². The highest BCUT2D eigenvalue weighted by Gasteiger charge is 2.15. The lowest BCUT2D eigenvalue weighted by Crippen LogP contribution is -2.31. The van der Waals surface area contributed by atoms with E-state index in [4.69, 9.17) is 4.74 Å². The Hall–Kier alpha value is -2.91. The monoisotopic (exact) mass is 339 g/mol. The van der Waals surface area contributed by atoms with Crippen LogP contribution in [0.15, 0.2) is 29.1 Å². The molecule has 0 saturated heterocycles. The Balaban J connectivity index is 2.31. The van der Waals surface area contributed by atoms with Gasteiger partial charge in [0.1, 0.15) is 18.2 Å². The minimum absolute atomic E-state index is 0.00647. The summed E-state index contributed by atoms with van der Waals surface area (Å²) in [5.74, 6) is -0.317. The highest BCUT2D eigenvalue weighted by Crippen LogP contribution is 2.16. The second-order valence-corrected chi connectivity index (χ2v) is 5.99. The second kappa shape index (κ2) is 7.77. The van der Waals surface area contributed by atoms with Crippen LogP contribution in [0.4, 0.5) is 5.69 Å². The van der Waals surface area contributed by atoms with E-state index in [2.05, 4.69) is 5.32 Å². The van der Waals surface area contributed by atoms with Crippen molar-refractivity contribution in [2.45, 2.75) is 33.9 Å². The number of amides is 1. The molecule has 2 aromatic rings. The minimum Gasteiger partial charge on any atom is -0.380 e. The third kappa shape index (κ3) is 4.14. The highest BCUT2D eigenvalue weighted by molar-refractivity contribution is 5.91. The van der Waals surface area contributed by atoms with Gasteiger partial charge in [0.15, 0.2) is 0 Å². The van der Waals surface area contributed by atoms with Crippen molar-refractivity contribution in [3.8, 4) is 6.07 Å². The third-order valence-electron chi connectivity index (χ3n) is 3.97. The summed E-state index contributed by atoms with van der Waals surface area (Å²) in [6.07, 6.45) is 0. The molecule has 1 aromatic carbocycles. The van der Waals surface area contributed by atoms with Crippen LogP contribution in [0, 0.1) is 32.1 Å². The Morgan fingerprint density at radius 2 is 2.00 bits per heavy atom. The highest BCUT2D eigenvalue weighted by atomic mass is 16.5. The Bertz CT molecular complexity index is 907. The van der Waals surface area contributed by atoms with Crippen molar-refractivity contribution in [3.63, 3.8) is 0 Å². The summed E-state index contributed by atoms with van der Waals surface area (Å²) in [5, 5.41) is 12.1. The van der Waals surface area contributed by atoms with E-state index in [-0.39, 0.29) is 24.6 Å². The van der Waals surface area contributed by atoms with Gasteiger partial charge in [-0.25, -0.2) is 0 Å². The van der Waals surface area contributed by atoms with Gasteiger partial charge < -0.3 is 14.6 Å². The molecule has 1 amide bonds. The summed E-state index contributed by atoms with van der Waals surface area (Å²) in [6.45, 7) is 5.60. The first kappa shape index (κ1) is 18.4. The second-order valence-electron chi connectivity index (χ2n) is 5.99. The van der Waals surface area contributed by atoms with E-state index >= 15 is 0 Å². The van der Waals surface area contributed by atoms with Gasteiger partial charge in [-0.05, 0) is 44.0 Å². The molecular formula is C19H21N3O3. The third-order valence-corrected chi connectivity index (χ3v) is 3.97. The van der Waals surface area contributed by atoms with Crippen molar-refractivity contribution in [1.82, 2.24) is 4.57 Å². The molecular weight excluding hydrogens is 318 g/mol. The van der Waals surface area contributed by atoms with Crippen molar-refractivity contribution in [2.24, 2.45) is 0 Å². The number of carbonyl (C=O) groups excluding carboxylic acids is 1. The number of hydrogen-bond acceptors (Lipinski definition) is 4. The van der Waals surface area contributed by atoms with E-state index in [1.54, 1.807) is 13.0 Å². The van der Waals surface area contributed by atoms with Gasteiger partial charge in [-0.15, -0.1) is 0 Å². The summed E-state index contributed by atoms with van der Waals surface area (Å²) in [5.41, 5.74) is 3.34. The standard InChI is InChI=1S/C19H21N3O3/c1-12-5-6-13(2)17(7-12)21-18(23)10-22-14(3)8-15(11-25-4)16(9-20)19(22)24/h5-8H,10-11H2,1-4H3,(H,21,23). The number of nitrogens with zero attached hydrogens (tertiary/aromatic N) is 2. The first-order chi connectivity index (χ1) is 11.9. The number of carbonyl (C=O) groups is 1. The van der Waals surface area contributed by atoms with E-state index < -0.39 is 5.56 Å². The number of ether oxygens (including phenoxy) is 1. The van der Waals surface area contributed by atoms with E-state index in [1.165, 1.54) is 11.7 Å². The van der Waals surface area contributed by atoms with Gasteiger partial charge in [0.2, 0.25) is 5.91 Å². The van der Waals surface area contributed by atoms with Crippen LogP contribution in [-0.2, 0) is 22.7 Å². The number of benzene rings is 1. The molecule has 6 heteroatoms. The van der Waals surface area contributed by atoms with Gasteiger partial charge in [-0.2, -0.15) is 5.26 Å². The number of aryl methyl sites for hydroxylation is 3. The largest absolute Gasteiger partial charge is 0.380 e. The number of hydrogen-bond donors (Lipinski definition) is 1. The average Bonchev–Trinajstić information content (AvgIpc) is 2.55. The molecule has 0 bridgehead atoms. The Morgan fingerprint density at radius 1 is 1.28 bits per heavy atom. The van der Waals surface area contributed by atoms with Crippen LogP contribution < -0.4 is 10.9 Å². The molecule has 2 rings (SSSR count). The van der Waals surface area contributed by atoms with E-state index in [0.717, 1.165) is 11.1 Å². The van der Waals surface area contributed by atoms with Crippen LogP contribution in [0.25, 0.3) is 0 Å². The SMILES string of the molecule is COCc1cc(C)n(CC(=O)Nc2cc(C)ccc2C)c(=O)c1C#N. The van der Waals surface area contributed by atoms with Crippen molar-refractivity contribution in [1.29, 1.82) is 5.26 Å². The lowest BCUT2D eigenvalue weighted by Gasteiger charge is -2.14. The molecule has 0 radical (unpaired) electrons.